The van der Waals surface area contributed by atoms with Crippen molar-refractivity contribution in [3.05, 3.63) is 0 Å². The van der Waals surface area contributed by atoms with Crippen LogP contribution in [0, 0.1) is 5.41 Å². The largest absolute Gasteiger partial charge is 0.469 e. The van der Waals surface area contributed by atoms with Gasteiger partial charge in [-0.05, 0) is 26.7 Å². The van der Waals surface area contributed by atoms with E-state index in [1.54, 1.807) is 6.92 Å². The van der Waals surface area contributed by atoms with Gasteiger partial charge in [-0.15, -0.1) is 0 Å². The Morgan fingerprint density at radius 1 is 1.45 bits per heavy atom. The molecule has 1 rings (SSSR count). The van der Waals surface area contributed by atoms with Crippen LogP contribution in [0.3, 0.4) is 0 Å². The predicted molar refractivity (Wildman–Crippen MR) is 38.9 cm³/mol. The molecule has 64 valence electrons. The van der Waals surface area contributed by atoms with Gasteiger partial charge in [-0.2, -0.15) is 0 Å². The molecular formula is C8H13FO2. The van der Waals surface area contributed by atoms with Crippen LogP contribution in [0.4, 0.5) is 4.39 Å². The van der Waals surface area contributed by atoms with Crippen LogP contribution in [0.25, 0.3) is 0 Å². The molecule has 0 atom stereocenters. The van der Waals surface area contributed by atoms with Gasteiger partial charge in [0.1, 0.15) is 5.67 Å². The summed E-state index contributed by atoms with van der Waals surface area (Å²) in [6, 6.07) is 0. The highest BCUT2D eigenvalue weighted by Gasteiger charge is 2.54. The van der Waals surface area contributed by atoms with Crippen molar-refractivity contribution in [3.63, 3.8) is 0 Å². The summed E-state index contributed by atoms with van der Waals surface area (Å²) < 4.78 is 17.5. The summed E-state index contributed by atoms with van der Waals surface area (Å²) in [5.41, 5.74) is -1.73. The molecule has 3 heteroatoms. The Labute approximate surface area is 65.7 Å². The number of carbonyl (C=O) groups excluding carboxylic acids is 1. The first-order chi connectivity index (χ1) is 4.90. The third kappa shape index (κ3) is 1.37. The number of halogens is 1. The summed E-state index contributed by atoms with van der Waals surface area (Å²) in [7, 11) is 1.33. The Morgan fingerprint density at radius 2 is 1.91 bits per heavy atom. The van der Waals surface area contributed by atoms with Gasteiger partial charge in [0.25, 0.3) is 0 Å². The van der Waals surface area contributed by atoms with Crippen LogP contribution in [-0.4, -0.2) is 18.7 Å². The Hall–Kier alpha value is -0.600. The fourth-order valence-electron chi connectivity index (χ4n) is 1.97. The third-order valence-corrected chi connectivity index (χ3v) is 2.20. The van der Waals surface area contributed by atoms with E-state index in [2.05, 4.69) is 4.74 Å². The molecule has 0 amide bonds. The molecule has 0 spiro atoms. The summed E-state index contributed by atoms with van der Waals surface area (Å²) >= 11 is 0. The van der Waals surface area contributed by atoms with Crippen molar-refractivity contribution in [2.75, 3.05) is 7.11 Å². The lowest BCUT2D eigenvalue weighted by atomic mass is 9.62. The molecule has 0 saturated heterocycles. The lowest BCUT2D eigenvalue weighted by molar-refractivity contribution is -0.167. The molecule has 2 nitrogen and oxygen atoms in total. The maximum Gasteiger partial charge on any atom is 0.311 e. The van der Waals surface area contributed by atoms with Crippen LogP contribution in [0.2, 0.25) is 0 Å². The average molecular weight is 160 g/mol. The molecule has 0 N–H and O–H groups in total. The zero-order valence-corrected chi connectivity index (χ0v) is 7.11. The van der Waals surface area contributed by atoms with Gasteiger partial charge in [0.15, 0.2) is 0 Å². The molecule has 1 aliphatic carbocycles. The summed E-state index contributed by atoms with van der Waals surface area (Å²) in [4.78, 5) is 11.0. The van der Waals surface area contributed by atoms with Gasteiger partial charge in [0.2, 0.25) is 0 Å². The zero-order valence-electron chi connectivity index (χ0n) is 7.11. The predicted octanol–water partition coefficient (Wildman–Crippen LogP) is 1.69. The molecule has 0 aromatic heterocycles. The fraction of sp³-hybridized carbons (Fsp3) is 0.875. The maximum absolute atomic E-state index is 13.0. The maximum atomic E-state index is 13.0. The lowest BCUT2D eigenvalue weighted by Crippen LogP contribution is -2.50. The molecule has 0 unspecified atom stereocenters. The molecule has 0 radical (unpaired) electrons. The van der Waals surface area contributed by atoms with Crippen molar-refractivity contribution >= 4 is 5.97 Å². The number of alkyl halides is 1. The first-order valence-electron chi connectivity index (χ1n) is 3.67. The highest BCUT2D eigenvalue weighted by molar-refractivity contribution is 5.77. The number of esters is 1. The van der Waals surface area contributed by atoms with Crippen LogP contribution in [-0.2, 0) is 9.53 Å². The number of hydrogen-bond acceptors (Lipinski definition) is 2. The second-order valence-electron chi connectivity index (χ2n) is 3.82. The molecule has 11 heavy (non-hydrogen) atoms. The standard InChI is InChI=1S/C8H13FO2/c1-7(6(10)11-3)4-8(2,9)5-7/h4-5H2,1-3H3. The molecule has 0 aromatic rings. The van der Waals surface area contributed by atoms with Gasteiger partial charge in [-0.3, -0.25) is 4.79 Å². The third-order valence-electron chi connectivity index (χ3n) is 2.20. The van der Waals surface area contributed by atoms with E-state index >= 15 is 0 Å². The molecular weight excluding hydrogens is 147 g/mol. The second-order valence-corrected chi connectivity index (χ2v) is 3.82. The number of hydrogen-bond donors (Lipinski definition) is 0. The van der Waals surface area contributed by atoms with E-state index in [1.165, 1.54) is 14.0 Å². The average Bonchev–Trinajstić information content (AvgIpc) is 1.81. The van der Waals surface area contributed by atoms with Crippen molar-refractivity contribution in [3.8, 4) is 0 Å². The normalized spacial score (nSPS) is 42.9. The Kier molecular flexibility index (Phi) is 1.69. The van der Waals surface area contributed by atoms with Crippen molar-refractivity contribution in [1.29, 1.82) is 0 Å². The minimum Gasteiger partial charge on any atom is -0.469 e. The summed E-state index contributed by atoms with van der Waals surface area (Å²) in [6.07, 6.45) is 0.569. The van der Waals surface area contributed by atoms with Crippen LogP contribution >= 0.6 is 0 Å². The monoisotopic (exact) mass is 160 g/mol. The lowest BCUT2D eigenvalue weighted by Gasteiger charge is -2.45. The van der Waals surface area contributed by atoms with Crippen molar-refractivity contribution in [2.24, 2.45) is 5.41 Å². The van der Waals surface area contributed by atoms with Gasteiger partial charge in [0.05, 0.1) is 12.5 Å². The number of ether oxygens (including phenoxy) is 1. The van der Waals surface area contributed by atoms with Gasteiger partial charge >= 0.3 is 5.97 Å². The van der Waals surface area contributed by atoms with E-state index < -0.39 is 11.1 Å². The Bertz CT molecular complexity index is 179. The van der Waals surface area contributed by atoms with Crippen LogP contribution in [0.5, 0.6) is 0 Å². The number of carbonyl (C=O) groups is 1. The van der Waals surface area contributed by atoms with Gasteiger partial charge in [-0.1, -0.05) is 0 Å². The van der Waals surface area contributed by atoms with Crippen molar-refractivity contribution in [2.45, 2.75) is 32.4 Å². The summed E-state index contributed by atoms with van der Waals surface area (Å²) in [6.45, 7) is 3.25. The zero-order chi connectivity index (χ0) is 8.70. The molecule has 1 saturated carbocycles. The minimum atomic E-state index is -1.16. The molecule has 0 heterocycles. The number of methoxy groups -OCH3 is 1. The van der Waals surface area contributed by atoms with E-state index in [1.807, 2.05) is 0 Å². The molecule has 1 fully saturated rings. The number of rotatable bonds is 1. The van der Waals surface area contributed by atoms with E-state index in [0.717, 1.165) is 0 Å². The van der Waals surface area contributed by atoms with Gasteiger partial charge in [0, 0.05) is 0 Å². The van der Waals surface area contributed by atoms with Crippen LogP contribution < -0.4 is 0 Å². The molecule has 0 aromatic carbocycles. The molecule has 1 aliphatic rings. The highest BCUT2D eigenvalue weighted by Crippen LogP contribution is 2.50. The quantitative estimate of drug-likeness (QED) is 0.545. The van der Waals surface area contributed by atoms with E-state index in [-0.39, 0.29) is 18.8 Å². The van der Waals surface area contributed by atoms with E-state index in [4.69, 9.17) is 0 Å². The van der Waals surface area contributed by atoms with E-state index in [9.17, 15) is 9.18 Å². The van der Waals surface area contributed by atoms with Crippen molar-refractivity contribution < 1.29 is 13.9 Å². The van der Waals surface area contributed by atoms with E-state index in [0.29, 0.717) is 0 Å². The fourth-order valence-corrected chi connectivity index (χ4v) is 1.97. The van der Waals surface area contributed by atoms with Gasteiger partial charge in [-0.25, -0.2) is 4.39 Å². The van der Waals surface area contributed by atoms with Gasteiger partial charge < -0.3 is 4.74 Å². The summed E-state index contributed by atoms with van der Waals surface area (Å²) in [5.74, 6) is -0.298. The molecule has 0 aliphatic heterocycles. The SMILES string of the molecule is COC(=O)C1(C)CC(C)(F)C1. The minimum absolute atomic E-state index is 0.284. The Morgan fingerprint density at radius 3 is 2.18 bits per heavy atom. The van der Waals surface area contributed by atoms with Crippen LogP contribution in [0.15, 0.2) is 0 Å². The highest BCUT2D eigenvalue weighted by atomic mass is 19.1. The summed E-state index contributed by atoms with van der Waals surface area (Å²) in [5, 5.41) is 0. The van der Waals surface area contributed by atoms with Crippen LogP contribution in [0.1, 0.15) is 26.7 Å². The topological polar surface area (TPSA) is 26.3 Å². The van der Waals surface area contributed by atoms with Crippen molar-refractivity contribution in [1.82, 2.24) is 0 Å². The molecule has 0 bridgehead atoms. The first kappa shape index (κ1) is 8.50. The second kappa shape index (κ2) is 2.19. The Balaban J connectivity index is 2.56. The first-order valence-corrected chi connectivity index (χ1v) is 3.67. The smallest absolute Gasteiger partial charge is 0.311 e.